The zero-order valence-corrected chi connectivity index (χ0v) is 11.7. The molecule has 1 saturated heterocycles. The van der Waals surface area contributed by atoms with Gasteiger partial charge in [0.25, 0.3) is 0 Å². The molecule has 2 nitrogen and oxygen atoms in total. The molecule has 1 aliphatic rings. The van der Waals surface area contributed by atoms with E-state index in [9.17, 15) is 8.78 Å². The maximum atomic E-state index is 14.2. The van der Waals surface area contributed by atoms with E-state index in [0.29, 0.717) is 17.7 Å². The van der Waals surface area contributed by atoms with Gasteiger partial charge in [-0.05, 0) is 45.7 Å². The number of hydrogen-bond donors (Lipinski definition) is 1. The number of benzene rings is 1. The van der Waals surface area contributed by atoms with E-state index >= 15 is 0 Å². The topological polar surface area (TPSA) is 21.3 Å². The molecule has 1 fully saturated rings. The minimum Gasteiger partial charge on any atom is -0.373 e. The number of rotatable bonds is 3. The Balaban J connectivity index is 2.39. The van der Waals surface area contributed by atoms with Crippen molar-refractivity contribution in [2.24, 2.45) is 0 Å². The van der Waals surface area contributed by atoms with Crippen LogP contribution in [0.25, 0.3) is 0 Å². The van der Waals surface area contributed by atoms with Crippen LogP contribution in [0.15, 0.2) is 12.1 Å². The van der Waals surface area contributed by atoms with Gasteiger partial charge < -0.3 is 10.1 Å². The first-order valence-electron chi connectivity index (χ1n) is 6.75. The molecule has 0 spiro atoms. The first-order chi connectivity index (χ1) is 8.99. The van der Waals surface area contributed by atoms with Crippen LogP contribution < -0.4 is 5.32 Å². The molecule has 0 radical (unpaired) electrons. The fourth-order valence-electron chi connectivity index (χ4n) is 2.86. The Kier molecular flexibility index (Phi) is 4.21. The molecule has 0 aromatic heterocycles. The monoisotopic (exact) mass is 269 g/mol. The van der Waals surface area contributed by atoms with Crippen molar-refractivity contribution in [3.05, 3.63) is 34.9 Å². The number of nitrogens with one attached hydrogen (secondary N) is 1. The lowest BCUT2D eigenvalue weighted by atomic mass is 9.83. The second kappa shape index (κ2) is 5.55. The van der Waals surface area contributed by atoms with E-state index in [-0.39, 0.29) is 6.04 Å². The van der Waals surface area contributed by atoms with Gasteiger partial charge in [0.05, 0.1) is 11.6 Å². The van der Waals surface area contributed by atoms with Crippen molar-refractivity contribution in [1.82, 2.24) is 5.32 Å². The molecule has 2 rings (SSSR count). The van der Waals surface area contributed by atoms with Crippen LogP contribution >= 0.6 is 0 Å². The van der Waals surface area contributed by atoms with Gasteiger partial charge in [-0.2, -0.15) is 0 Å². The summed E-state index contributed by atoms with van der Waals surface area (Å²) in [5.74, 6) is -1.54. The minimum atomic E-state index is -0.769. The molecule has 1 aliphatic heterocycles. The van der Waals surface area contributed by atoms with Crippen molar-refractivity contribution in [1.29, 1.82) is 0 Å². The smallest absolute Gasteiger partial charge is 0.163 e. The Labute approximate surface area is 113 Å². The summed E-state index contributed by atoms with van der Waals surface area (Å²) < 4.78 is 33.7. The van der Waals surface area contributed by atoms with E-state index in [1.165, 1.54) is 0 Å². The van der Waals surface area contributed by atoms with Crippen LogP contribution in [0, 0.1) is 18.6 Å². The molecule has 0 bridgehead atoms. The number of hydrogen-bond acceptors (Lipinski definition) is 2. The van der Waals surface area contributed by atoms with Crippen LogP contribution in [0.3, 0.4) is 0 Å². The van der Waals surface area contributed by atoms with Crippen molar-refractivity contribution in [3.63, 3.8) is 0 Å². The fraction of sp³-hybridized carbons (Fsp3) is 0.600. The molecule has 106 valence electrons. The Morgan fingerprint density at radius 2 is 2.00 bits per heavy atom. The molecular formula is C15H21F2NO. The third kappa shape index (κ3) is 2.65. The molecule has 1 aromatic rings. The summed E-state index contributed by atoms with van der Waals surface area (Å²) in [5.41, 5.74) is 0.177. The van der Waals surface area contributed by atoms with Gasteiger partial charge in [0.2, 0.25) is 0 Å². The van der Waals surface area contributed by atoms with Gasteiger partial charge in [-0.25, -0.2) is 8.78 Å². The van der Waals surface area contributed by atoms with Crippen molar-refractivity contribution < 1.29 is 13.5 Å². The van der Waals surface area contributed by atoms with Gasteiger partial charge >= 0.3 is 0 Å². The molecule has 0 amide bonds. The van der Waals surface area contributed by atoms with Crippen LogP contribution in [0.5, 0.6) is 0 Å². The van der Waals surface area contributed by atoms with E-state index in [0.717, 1.165) is 19.3 Å². The van der Waals surface area contributed by atoms with Crippen molar-refractivity contribution >= 4 is 0 Å². The minimum absolute atomic E-state index is 0.325. The lowest BCUT2D eigenvalue weighted by Gasteiger charge is -2.40. The van der Waals surface area contributed by atoms with Crippen LogP contribution in [0.2, 0.25) is 0 Å². The van der Waals surface area contributed by atoms with Gasteiger partial charge in [0.15, 0.2) is 11.6 Å². The molecule has 2 atom stereocenters. The number of ether oxygens (including phenoxy) is 1. The largest absolute Gasteiger partial charge is 0.373 e. The Hall–Kier alpha value is -1.00. The van der Waals surface area contributed by atoms with Crippen molar-refractivity contribution in [3.8, 4) is 0 Å². The quantitative estimate of drug-likeness (QED) is 0.907. The van der Waals surface area contributed by atoms with E-state index in [4.69, 9.17) is 4.74 Å². The Bertz CT molecular complexity index is 456. The van der Waals surface area contributed by atoms with Crippen molar-refractivity contribution in [2.45, 2.75) is 44.8 Å². The van der Waals surface area contributed by atoms with Gasteiger partial charge in [0.1, 0.15) is 0 Å². The lowest BCUT2D eigenvalue weighted by molar-refractivity contribution is -0.0891. The highest BCUT2D eigenvalue weighted by Gasteiger charge is 2.38. The van der Waals surface area contributed by atoms with Crippen LogP contribution in [0.1, 0.15) is 43.4 Å². The maximum Gasteiger partial charge on any atom is 0.163 e. The van der Waals surface area contributed by atoms with E-state index in [2.05, 4.69) is 5.32 Å². The molecule has 1 heterocycles. The summed E-state index contributed by atoms with van der Waals surface area (Å²) in [4.78, 5) is 0. The second-order valence-electron chi connectivity index (χ2n) is 5.44. The second-order valence-corrected chi connectivity index (χ2v) is 5.44. The summed E-state index contributed by atoms with van der Waals surface area (Å²) in [6, 6.07) is 2.92. The molecule has 1 aromatic carbocycles. The predicted molar refractivity (Wildman–Crippen MR) is 71.1 cm³/mol. The number of aryl methyl sites for hydroxylation is 1. The highest BCUT2D eigenvalue weighted by molar-refractivity contribution is 5.29. The predicted octanol–water partition coefficient (Wildman–Crippen LogP) is 3.49. The first-order valence-corrected chi connectivity index (χ1v) is 6.75. The summed E-state index contributed by atoms with van der Waals surface area (Å²) in [7, 11) is 1.76. The number of likely N-dealkylation sites (N-methyl/N-ethyl adjacent to an activating group) is 1. The van der Waals surface area contributed by atoms with Crippen LogP contribution in [0.4, 0.5) is 8.78 Å². The SMILES string of the molecule is CNC(c1ccc(C)c(F)c1F)C1(C)CCCCO1. The highest BCUT2D eigenvalue weighted by atomic mass is 19.2. The fourth-order valence-corrected chi connectivity index (χ4v) is 2.86. The summed E-state index contributed by atoms with van der Waals surface area (Å²) in [5, 5.41) is 3.08. The van der Waals surface area contributed by atoms with E-state index in [1.807, 2.05) is 6.92 Å². The highest BCUT2D eigenvalue weighted by Crippen LogP contribution is 2.37. The first kappa shape index (κ1) is 14.4. The molecule has 19 heavy (non-hydrogen) atoms. The van der Waals surface area contributed by atoms with E-state index < -0.39 is 17.2 Å². The molecule has 4 heteroatoms. The van der Waals surface area contributed by atoms with Gasteiger partial charge in [-0.15, -0.1) is 0 Å². The zero-order valence-electron chi connectivity index (χ0n) is 11.7. The van der Waals surface area contributed by atoms with E-state index in [1.54, 1.807) is 26.1 Å². The molecular weight excluding hydrogens is 248 g/mol. The van der Waals surface area contributed by atoms with Gasteiger partial charge in [-0.3, -0.25) is 0 Å². The molecule has 2 unspecified atom stereocenters. The number of halogens is 2. The Morgan fingerprint density at radius 3 is 2.58 bits per heavy atom. The average molecular weight is 269 g/mol. The van der Waals surface area contributed by atoms with Crippen LogP contribution in [-0.4, -0.2) is 19.3 Å². The summed E-state index contributed by atoms with van der Waals surface area (Å²) >= 11 is 0. The lowest BCUT2D eigenvalue weighted by Crippen LogP contribution is -2.45. The zero-order chi connectivity index (χ0) is 14.0. The molecule has 1 N–H and O–H groups in total. The average Bonchev–Trinajstić information content (AvgIpc) is 2.40. The molecule has 0 saturated carbocycles. The van der Waals surface area contributed by atoms with Gasteiger partial charge in [-0.1, -0.05) is 12.1 Å². The maximum absolute atomic E-state index is 14.2. The van der Waals surface area contributed by atoms with Crippen LogP contribution in [-0.2, 0) is 4.74 Å². The van der Waals surface area contributed by atoms with Crippen molar-refractivity contribution in [2.75, 3.05) is 13.7 Å². The van der Waals surface area contributed by atoms with Gasteiger partial charge in [0, 0.05) is 12.2 Å². The standard InChI is InChI=1S/C15H21F2NO/c1-10-6-7-11(13(17)12(10)16)14(18-3)15(2)8-4-5-9-19-15/h6-7,14,18H,4-5,8-9H2,1-3H3. The molecule has 0 aliphatic carbocycles. The third-order valence-corrected chi connectivity index (χ3v) is 4.01. The normalized spacial score (nSPS) is 25.3. The summed E-state index contributed by atoms with van der Waals surface area (Å²) in [6.45, 7) is 4.20. The summed E-state index contributed by atoms with van der Waals surface area (Å²) in [6.07, 6.45) is 2.91. The third-order valence-electron chi connectivity index (χ3n) is 4.01. The Morgan fingerprint density at radius 1 is 1.26 bits per heavy atom.